The summed E-state index contributed by atoms with van der Waals surface area (Å²) in [4.78, 5) is 24.0. The van der Waals surface area contributed by atoms with Crippen LogP contribution in [0.1, 0.15) is 57.4 Å². The normalized spacial score (nSPS) is 21.2. The van der Waals surface area contributed by atoms with E-state index in [9.17, 15) is 14.7 Å². The van der Waals surface area contributed by atoms with Crippen molar-refractivity contribution < 1.29 is 14.7 Å². The quantitative estimate of drug-likeness (QED) is 0.912. The molecule has 2 aromatic rings. The lowest BCUT2D eigenvalue weighted by Crippen LogP contribution is -2.31. The number of aryl methyl sites for hydroxylation is 2. The SMILES string of the molecule is O=C(O)c1ccc2c(c1)C(NC(=O)C1CCc3ccccc31)CC2. The molecule has 0 saturated carbocycles. The van der Waals surface area contributed by atoms with Crippen LogP contribution in [0.15, 0.2) is 42.5 Å². The van der Waals surface area contributed by atoms with Crippen LogP contribution in [0, 0.1) is 0 Å². The average molecular weight is 321 g/mol. The molecule has 2 aromatic carbocycles. The van der Waals surface area contributed by atoms with Crippen molar-refractivity contribution in [3.63, 3.8) is 0 Å². The maximum absolute atomic E-state index is 12.8. The average Bonchev–Trinajstić information content (AvgIpc) is 3.18. The van der Waals surface area contributed by atoms with Crippen LogP contribution in [0.2, 0.25) is 0 Å². The van der Waals surface area contributed by atoms with E-state index < -0.39 is 5.97 Å². The first-order valence-electron chi connectivity index (χ1n) is 8.38. The zero-order valence-corrected chi connectivity index (χ0v) is 13.3. The Kier molecular flexibility index (Phi) is 3.60. The summed E-state index contributed by atoms with van der Waals surface area (Å²) in [5, 5.41) is 12.3. The Labute approximate surface area is 140 Å². The fourth-order valence-corrected chi connectivity index (χ4v) is 3.99. The first-order valence-corrected chi connectivity index (χ1v) is 8.38. The van der Waals surface area contributed by atoms with E-state index in [1.54, 1.807) is 12.1 Å². The number of carbonyl (C=O) groups is 2. The largest absolute Gasteiger partial charge is 0.478 e. The molecule has 4 heteroatoms. The molecule has 0 heterocycles. The third-order valence-electron chi connectivity index (χ3n) is 5.24. The molecule has 0 saturated heterocycles. The highest BCUT2D eigenvalue weighted by molar-refractivity contribution is 5.88. The van der Waals surface area contributed by atoms with Gasteiger partial charge in [0.05, 0.1) is 17.5 Å². The van der Waals surface area contributed by atoms with Crippen molar-refractivity contribution in [2.45, 2.75) is 37.6 Å². The highest BCUT2D eigenvalue weighted by Crippen LogP contribution is 2.36. The van der Waals surface area contributed by atoms with Gasteiger partial charge in [0.15, 0.2) is 0 Å². The van der Waals surface area contributed by atoms with Crippen LogP contribution >= 0.6 is 0 Å². The molecule has 4 nitrogen and oxygen atoms in total. The molecule has 2 atom stereocenters. The summed E-state index contributed by atoms with van der Waals surface area (Å²) in [6, 6.07) is 13.3. The van der Waals surface area contributed by atoms with Crippen LogP contribution in [0.25, 0.3) is 0 Å². The lowest BCUT2D eigenvalue weighted by molar-refractivity contribution is -0.123. The minimum atomic E-state index is -0.931. The Morgan fingerprint density at radius 2 is 1.71 bits per heavy atom. The predicted octanol–water partition coefficient (Wildman–Crippen LogP) is 3.22. The minimum absolute atomic E-state index is 0.0542. The fraction of sp³-hybridized carbons (Fsp3) is 0.300. The molecular weight excluding hydrogens is 302 g/mol. The van der Waals surface area contributed by atoms with E-state index in [1.807, 2.05) is 24.3 Å². The van der Waals surface area contributed by atoms with Crippen LogP contribution < -0.4 is 5.32 Å². The van der Waals surface area contributed by atoms with Gasteiger partial charge in [0.2, 0.25) is 5.91 Å². The smallest absolute Gasteiger partial charge is 0.335 e. The van der Waals surface area contributed by atoms with Crippen LogP contribution in [0.4, 0.5) is 0 Å². The Morgan fingerprint density at radius 3 is 2.54 bits per heavy atom. The van der Waals surface area contributed by atoms with Crippen molar-refractivity contribution in [2.24, 2.45) is 0 Å². The molecule has 0 spiro atoms. The Hall–Kier alpha value is -2.62. The van der Waals surface area contributed by atoms with E-state index in [-0.39, 0.29) is 23.4 Å². The van der Waals surface area contributed by atoms with Gasteiger partial charge in [-0.05, 0) is 60.1 Å². The van der Waals surface area contributed by atoms with Crippen LogP contribution in [-0.2, 0) is 17.6 Å². The van der Waals surface area contributed by atoms with Crippen LogP contribution in [0.3, 0.4) is 0 Å². The number of hydrogen-bond acceptors (Lipinski definition) is 2. The van der Waals surface area contributed by atoms with Crippen molar-refractivity contribution in [2.75, 3.05) is 0 Å². The fourth-order valence-electron chi connectivity index (χ4n) is 3.99. The van der Waals surface area contributed by atoms with E-state index in [0.29, 0.717) is 0 Å². The van der Waals surface area contributed by atoms with Crippen LogP contribution in [0.5, 0.6) is 0 Å². The third-order valence-corrected chi connectivity index (χ3v) is 5.24. The summed E-state index contributed by atoms with van der Waals surface area (Å²) in [6.07, 6.45) is 3.50. The molecule has 122 valence electrons. The van der Waals surface area contributed by atoms with E-state index in [1.165, 1.54) is 5.56 Å². The lowest BCUT2D eigenvalue weighted by atomic mass is 9.99. The van der Waals surface area contributed by atoms with Gasteiger partial charge in [0.25, 0.3) is 0 Å². The molecule has 0 bridgehead atoms. The summed E-state index contributed by atoms with van der Waals surface area (Å²) in [6.45, 7) is 0. The summed E-state index contributed by atoms with van der Waals surface area (Å²) in [5.41, 5.74) is 4.76. The molecule has 24 heavy (non-hydrogen) atoms. The van der Waals surface area contributed by atoms with Gasteiger partial charge in [-0.25, -0.2) is 4.79 Å². The van der Waals surface area contributed by atoms with Crippen molar-refractivity contribution in [3.8, 4) is 0 Å². The Morgan fingerprint density at radius 1 is 0.958 bits per heavy atom. The zero-order chi connectivity index (χ0) is 16.7. The number of carboxylic acid groups (broad SMARTS) is 1. The van der Waals surface area contributed by atoms with Gasteiger partial charge in [-0.15, -0.1) is 0 Å². The first-order chi connectivity index (χ1) is 11.6. The topological polar surface area (TPSA) is 66.4 Å². The second kappa shape index (κ2) is 5.78. The van der Waals surface area contributed by atoms with Crippen molar-refractivity contribution in [3.05, 3.63) is 70.3 Å². The van der Waals surface area contributed by atoms with Crippen molar-refractivity contribution >= 4 is 11.9 Å². The van der Waals surface area contributed by atoms with Gasteiger partial charge >= 0.3 is 5.97 Å². The number of benzene rings is 2. The van der Waals surface area contributed by atoms with Gasteiger partial charge in [-0.2, -0.15) is 0 Å². The molecule has 0 aliphatic heterocycles. The predicted molar refractivity (Wildman–Crippen MR) is 90.1 cm³/mol. The van der Waals surface area contributed by atoms with Gasteiger partial charge < -0.3 is 10.4 Å². The van der Waals surface area contributed by atoms with E-state index in [0.717, 1.165) is 42.4 Å². The molecule has 0 aromatic heterocycles. The number of rotatable bonds is 3. The number of aromatic carboxylic acids is 1. The van der Waals surface area contributed by atoms with Crippen molar-refractivity contribution in [1.29, 1.82) is 0 Å². The number of nitrogens with one attached hydrogen (secondary N) is 1. The summed E-state index contributed by atoms with van der Waals surface area (Å²) in [5.74, 6) is -0.967. The second-order valence-corrected chi connectivity index (χ2v) is 6.61. The summed E-state index contributed by atoms with van der Waals surface area (Å²) < 4.78 is 0. The Bertz CT molecular complexity index is 827. The van der Waals surface area contributed by atoms with Gasteiger partial charge in [0, 0.05) is 0 Å². The molecule has 0 fully saturated rings. The summed E-state index contributed by atoms with van der Waals surface area (Å²) in [7, 11) is 0. The molecule has 0 radical (unpaired) electrons. The first kappa shape index (κ1) is 14.9. The lowest BCUT2D eigenvalue weighted by Gasteiger charge is -2.18. The number of amides is 1. The Balaban J connectivity index is 1.55. The van der Waals surface area contributed by atoms with E-state index in [4.69, 9.17) is 0 Å². The molecule has 1 amide bonds. The number of hydrogen-bond donors (Lipinski definition) is 2. The summed E-state index contributed by atoms with van der Waals surface area (Å²) >= 11 is 0. The third kappa shape index (κ3) is 2.48. The number of fused-ring (bicyclic) bond motifs is 2. The molecule has 2 aliphatic carbocycles. The molecule has 2 aliphatic rings. The minimum Gasteiger partial charge on any atom is -0.478 e. The van der Waals surface area contributed by atoms with E-state index >= 15 is 0 Å². The standard InChI is InChI=1S/C20H19NO3/c22-19(16-9-7-12-3-1-2-4-15(12)16)21-18-10-8-13-5-6-14(20(23)24)11-17(13)18/h1-6,11,16,18H,7-10H2,(H,21,22)(H,23,24). The molecule has 4 rings (SSSR count). The maximum Gasteiger partial charge on any atom is 0.335 e. The van der Waals surface area contributed by atoms with Gasteiger partial charge in [-0.3, -0.25) is 4.79 Å². The van der Waals surface area contributed by atoms with E-state index in [2.05, 4.69) is 11.4 Å². The van der Waals surface area contributed by atoms with Gasteiger partial charge in [-0.1, -0.05) is 30.3 Å². The second-order valence-electron chi connectivity index (χ2n) is 6.61. The number of carboxylic acids is 1. The van der Waals surface area contributed by atoms with Gasteiger partial charge in [0.1, 0.15) is 0 Å². The molecule has 2 unspecified atom stereocenters. The number of carbonyl (C=O) groups excluding carboxylic acids is 1. The highest BCUT2D eigenvalue weighted by Gasteiger charge is 2.31. The maximum atomic E-state index is 12.8. The van der Waals surface area contributed by atoms with Crippen LogP contribution in [-0.4, -0.2) is 17.0 Å². The monoisotopic (exact) mass is 321 g/mol. The molecular formula is C20H19NO3. The zero-order valence-electron chi connectivity index (χ0n) is 13.3. The highest BCUT2D eigenvalue weighted by atomic mass is 16.4. The van der Waals surface area contributed by atoms with Crippen molar-refractivity contribution in [1.82, 2.24) is 5.32 Å². The molecule has 2 N–H and O–H groups in total.